The molecule has 3 rings (SSSR count). The molecule has 0 bridgehead atoms. The number of ketones is 1. The second-order valence-electron chi connectivity index (χ2n) is 8.79. The average molecular weight is 429 g/mol. The van der Waals surface area contributed by atoms with E-state index in [1.165, 1.54) is 12.1 Å². The van der Waals surface area contributed by atoms with E-state index in [2.05, 4.69) is 0 Å². The molecular formula is C23H26NO5S. The highest BCUT2D eigenvalue weighted by molar-refractivity contribution is 7.79. The summed E-state index contributed by atoms with van der Waals surface area (Å²) in [6, 6.07) is 13.1. The lowest BCUT2D eigenvalue weighted by atomic mass is 9.80. The molecule has 6 nitrogen and oxygen atoms in total. The van der Waals surface area contributed by atoms with Gasteiger partial charge in [-0.2, -0.15) is 0 Å². The fourth-order valence-corrected chi connectivity index (χ4v) is 4.26. The first-order chi connectivity index (χ1) is 14.0. The first-order valence-corrected chi connectivity index (χ1v) is 10.2. The second-order valence-corrected chi connectivity index (χ2v) is 9.13. The Labute approximate surface area is 182 Å². The summed E-state index contributed by atoms with van der Waals surface area (Å²) in [5.74, 6) is -0.222. The minimum Gasteiger partial charge on any atom is -0.507 e. The van der Waals surface area contributed by atoms with Crippen LogP contribution in [0.25, 0.3) is 0 Å². The first kappa shape index (κ1) is 22.2. The third kappa shape index (κ3) is 4.80. The quantitative estimate of drug-likeness (QED) is 0.563. The maximum absolute atomic E-state index is 12.5. The van der Waals surface area contributed by atoms with Crippen molar-refractivity contribution in [1.29, 1.82) is 0 Å². The highest BCUT2D eigenvalue weighted by Crippen LogP contribution is 2.38. The van der Waals surface area contributed by atoms with Gasteiger partial charge in [-0.15, -0.1) is 10.3 Å². The van der Waals surface area contributed by atoms with Crippen molar-refractivity contribution in [2.24, 2.45) is 0 Å². The Bertz CT molecular complexity index is 924. The molecule has 0 aliphatic carbocycles. The monoisotopic (exact) mass is 428 g/mol. The van der Waals surface area contributed by atoms with Crippen LogP contribution in [0.15, 0.2) is 48.5 Å². The van der Waals surface area contributed by atoms with Crippen molar-refractivity contribution < 1.29 is 24.6 Å². The molecule has 1 saturated heterocycles. The van der Waals surface area contributed by atoms with Crippen LogP contribution in [-0.4, -0.2) is 38.4 Å². The minimum absolute atomic E-state index is 0.0903. The van der Waals surface area contributed by atoms with E-state index in [1.54, 1.807) is 30.3 Å². The Kier molecular flexibility index (Phi) is 6.17. The molecule has 1 heterocycles. The van der Waals surface area contributed by atoms with E-state index < -0.39 is 11.1 Å². The molecule has 0 atom stereocenters. The van der Waals surface area contributed by atoms with Gasteiger partial charge in [0.2, 0.25) is 0 Å². The second kappa shape index (κ2) is 8.34. The number of rotatable bonds is 4. The smallest absolute Gasteiger partial charge is 0.358 e. The number of nitrogens with zero attached hydrogens (tertiary/aromatic N) is 1. The van der Waals surface area contributed by atoms with E-state index in [0.717, 1.165) is 5.06 Å². The zero-order chi connectivity index (χ0) is 22.1. The lowest BCUT2D eigenvalue weighted by molar-refractivity contribution is -0.297. The van der Waals surface area contributed by atoms with E-state index in [0.29, 0.717) is 18.4 Å². The molecule has 159 valence electrons. The van der Waals surface area contributed by atoms with E-state index >= 15 is 0 Å². The average Bonchev–Trinajstić information content (AvgIpc) is 2.66. The number of carbonyl (C=O) groups excluding carboxylic acids is 1. The number of carbonyl (C=O) groups is 1. The molecule has 0 spiro atoms. The molecule has 7 heteroatoms. The van der Waals surface area contributed by atoms with Gasteiger partial charge in [-0.1, -0.05) is 30.3 Å². The molecule has 1 aliphatic heterocycles. The van der Waals surface area contributed by atoms with Gasteiger partial charge in [0.15, 0.2) is 5.78 Å². The fourth-order valence-electron chi connectivity index (χ4n) is 4.02. The van der Waals surface area contributed by atoms with Crippen molar-refractivity contribution in [3.05, 3.63) is 59.7 Å². The highest BCUT2D eigenvalue weighted by Gasteiger charge is 2.47. The molecule has 0 amide bonds. The molecule has 1 radical (unpaired) electrons. The van der Waals surface area contributed by atoms with Crippen LogP contribution in [-0.2, 0) is 9.94 Å². The summed E-state index contributed by atoms with van der Waals surface area (Å²) in [6.07, 6.45) is 0.763. The van der Waals surface area contributed by atoms with Crippen LogP contribution in [0.3, 0.4) is 0 Å². The largest absolute Gasteiger partial charge is 0.507 e. The maximum Gasteiger partial charge on any atom is 0.358 e. The third-order valence-electron chi connectivity index (χ3n) is 5.27. The van der Waals surface area contributed by atoms with E-state index in [4.69, 9.17) is 21.7 Å². The Morgan fingerprint density at radius 2 is 1.67 bits per heavy atom. The number of hydrogen-bond donors (Lipinski definition) is 1. The van der Waals surface area contributed by atoms with Crippen LogP contribution in [0, 0.1) is 0 Å². The van der Waals surface area contributed by atoms with Crippen molar-refractivity contribution in [2.75, 3.05) is 0 Å². The number of phenols is 1. The summed E-state index contributed by atoms with van der Waals surface area (Å²) in [4.78, 5) is 12.5. The highest BCUT2D eigenvalue weighted by atomic mass is 32.1. The van der Waals surface area contributed by atoms with Crippen LogP contribution < -0.4 is 4.74 Å². The normalized spacial score (nSPS) is 18.6. The summed E-state index contributed by atoms with van der Waals surface area (Å²) < 4.78 is 11.3. The van der Waals surface area contributed by atoms with Crippen LogP contribution in [0.1, 0.15) is 56.5 Å². The molecule has 1 aliphatic rings. The van der Waals surface area contributed by atoms with E-state index in [-0.39, 0.29) is 34.2 Å². The van der Waals surface area contributed by atoms with E-state index in [9.17, 15) is 15.1 Å². The predicted molar refractivity (Wildman–Crippen MR) is 116 cm³/mol. The Morgan fingerprint density at radius 3 is 2.23 bits per heavy atom. The maximum atomic E-state index is 12.5. The van der Waals surface area contributed by atoms with Crippen LogP contribution in [0.5, 0.6) is 11.5 Å². The Balaban J connectivity index is 1.66. The number of thiocarbonyl (C=S) groups is 1. The van der Waals surface area contributed by atoms with Crippen molar-refractivity contribution in [2.45, 2.75) is 57.7 Å². The number of phenolic OH excluding ortho intramolecular Hbond substituents is 1. The van der Waals surface area contributed by atoms with Gasteiger partial charge in [0, 0.05) is 47.8 Å². The van der Waals surface area contributed by atoms with Gasteiger partial charge < -0.3 is 14.6 Å². The third-order valence-corrected chi connectivity index (χ3v) is 5.45. The molecule has 2 aromatic rings. The summed E-state index contributed by atoms with van der Waals surface area (Å²) in [7, 11) is 0. The van der Waals surface area contributed by atoms with E-state index in [1.807, 2.05) is 33.8 Å². The number of benzene rings is 2. The van der Waals surface area contributed by atoms with Crippen LogP contribution in [0.4, 0.5) is 0 Å². The number of hydroxylamine groups is 2. The zero-order valence-electron chi connectivity index (χ0n) is 17.5. The molecule has 0 saturated carbocycles. The summed E-state index contributed by atoms with van der Waals surface area (Å²) in [5.41, 5.74) is -0.513. The topological polar surface area (TPSA) is 78.9 Å². The Morgan fingerprint density at radius 1 is 1.07 bits per heavy atom. The molecule has 1 fully saturated rings. The molecule has 0 aromatic heterocycles. The number of aromatic hydroxyl groups is 1. The summed E-state index contributed by atoms with van der Waals surface area (Å²) >= 11 is 5.22. The van der Waals surface area contributed by atoms with Crippen molar-refractivity contribution in [3.8, 4) is 11.5 Å². The molecule has 1 N–H and O–H groups in total. The van der Waals surface area contributed by atoms with Crippen molar-refractivity contribution in [3.63, 3.8) is 0 Å². The van der Waals surface area contributed by atoms with Crippen LogP contribution >= 0.6 is 12.2 Å². The number of hydrogen-bond acceptors (Lipinski definition) is 6. The van der Waals surface area contributed by atoms with Crippen molar-refractivity contribution >= 4 is 23.2 Å². The molecule has 0 unspecified atom stereocenters. The van der Waals surface area contributed by atoms with Gasteiger partial charge in [-0.3, -0.25) is 4.79 Å². The lowest BCUT2D eigenvalue weighted by Crippen LogP contribution is -2.60. The first-order valence-electron chi connectivity index (χ1n) is 9.78. The van der Waals surface area contributed by atoms with Crippen molar-refractivity contribution in [1.82, 2.24) is 5.06 Å². The summed E-state index contributed by atoms with van der Waals surface area (Å²) in [5, 5.41) is 23.8. The van der Waals surface area contributed by atoms with Crippen LogP contribution in [0.2, 0.25) is 0 Å². The van der Waals surface area contributed by atoms with Gasteiger partial charge in [0.1, 0.15) is 17.6 Å². The molecule has 30 heavy (non-hydrogen) atoms. The van der Waals surface area contributed by atoms with Gasteiger partial charge in [-0.25, -0.2) is 0 Å². The Hall–Kier alpha value is -2.48. The van der Waals surface area contributed by atoms with Gasteiger partial charge in [0.05, 0.1) is 5.56 Å². The van der Waals surface area contributed by atoms with Gasteiger partial charge >= 0.3 is 5.24 Å². The molecule has 2 aromatic carbocycles. The zero-order valence-corrected chi connectivity index (χ0v) is 18.4. The number of ether oxygens (including phenoxy) is 2. The lowest BCUT2D eigenvalue weighted by Gasteiger charge is -2.49. The fraction of sp³-hybridized carbons (Fsp3) is 0.391. The SMILES string of the molecule is CC1(C)CC(OC(=S)Oc2ccc(C(=O)c3ccccc3)c(O)c2)CC(C)(C)N1[O]. The van der Waals surface area contributed by atoms with Gasteiger partial charge in [0.25, 0.3) is 0 Å². The standard InChI is InChI=1S/C23H26NO5S/c1-22(2)13-17(14-23(3,4)24(22)27)29-21(30)28-16-10-11-18(19(25)12-16)20(26)15-8-6-5-7-9-15/h5-12,17,25H,13-14H2,1-4H3. The predicted octanol–water partition coefficient (Wildman–Crippen LogP) is 4.67. The molecular weight excluding hydrogens is 402 g/mol. The number of piperidine rings is 1. The van der Waals surface area contributed by atoms with Gasteiger partial charge in [-0.05, 0) is 39.8 Å². The minimum atomic E-state index is -0.584. The summed E-state index contributed by atoms with van der Waals surface area (Å²) in [6.45, 7) is 7.51.